The average Bonchev–Trinajstić information content (AvgIpc) is 2.90. The summed E-state index contributed by atoms with van der Waals surface area (Å²) in [5.74, 6) is -1.03. The molecule has 0 saturated heterocycles. The summed E-state index contributed by atoms with van der Waals surface area (Å²) in [6, 6.07) is 17.9. The standard InChI is InChI=1S/C27H30FN5O4/c1-3-37-24(21-12-11-20(36-2)14-22(21)28)26(34)31-16-19-10-9-18(25(29)30)13-23(19)33-27(35)32-15-17-7-5-4-6-8-17/h4-14,24H,3,15-16H2,1-2H3,(H3,29,30)(H,31,34)(H2,32,33,35). The summed E-state index contributed by atoms with van der Waals surface area (Å²) >= 11 is 0. The molecule has 6 N–H and O–H groups in total. The Morgan fingerprint density at radius 1 is 1.03 bits per heavy atom. The molecule has 0 spiro atoms. The SMILES string of the molecule is CCOC(C(=O)NCc1ccc(C(=N)N)cc1NC(=O)NCc1ccccc1)c1ccc(OC)cc1F. The van der Waals surface area contributed by atoms with Gasteiger partial charge in [-0.2, -0.15) is 0 Å². The van der Waals surface area contributed by atoms with Crippen LogP contribution in [-0.2, 0) is 22.6 Å². The molecule has 3 aromatic carbocycles. The third-order valence-electron chi connectivity index (χ3n) is 5.48. The van der Waals surface area contributed by atoms with E-state index in [0.717, 1.165) is 5.56 Å². The number of nitrogens with one attached hydrogen (secondary N) is 4. The second-order valence-corrected chi connectivity index (χ2v) is 8.02. The van der Waals surface area contributed by atoms with Crippen LogP contribution in [0, 0.1) is 11.2 Å². The number of carbonyl (C=O) groups excluding carboxylic acids is 2. The quantitative estimate of drug-likeness (QED) is 0.198. The zero-order valence-corrected chi connectivity index (χ0v) is 20.6. The summed E-state index contributed by atoms with van der Waals surface area (Å²) < 4.78 is 25.2. The number of urea groups is 1. The number of benzene rings is 3. The van der Waals surface area contributed by atoms with Gasteiger partial charge < -0.3 is 31.2 Å². The Hall–Kier alpha value is -4.44. The highest BCUT2D eigenvalue weighted by Crippen LogP contribution is 2.25. The molecule has 9 nitrogen and oxygen atoms in total. The number of halogens is 1. The van der Waals surface area contributed by atoms with Gasteiger partial charge in [-0.05, 0) is 36.2 Å². The molecule has 0 bridgehead atoms. The third kappa shape index (κ3) is 7.52. The molecule has 0 aromatic heterocycles. The molecule has 0 fully saturated rings. The van der Waals surface area contributed by atoms with Crippen molar-refractivity contribution < 1.29 is 23.5 Å². The third-order valence-corrected chi connectivity index (χ3v) is 5.48. The van der Waals surface area contributed by atoms with Crippen LogP contribution in [0.5, 0.6) is 5.75 Å². The van der Waals surface area contributed by atoms with E-state index in [1.165, 1.54) is 19.2 Å². The first-order chi connectivity index (χ1) is 17.8. The second-order valence-electron chi connectivity index (χ2n) is 8.02. The lowest BCUT2D eigenvalue weighted by molar-refractivity contribution is -0.133. The zero-order valence-electron chi connectivity index (χ0n) is 20.6. The normalized spacial score (nSPS) is 11.3. The molecule has 10 heteroatoms. The van der Waals surface area contributed by atoms with Crippen molar-refractivity contribution in [1.29, 1.82) is 5.41 Å². The lowest BCUT2D eigenvalue weighted by Gasteiger charge is -2.19. The van der Waals surface area contributed by atoms with E-state index in [0.29, 0.717) is 29.1 Å². The van der Waals surface area contributed by atoms with Crippen molar-refractivity contribution in [2.45, 2.75) is 26.1 Å². The number of hydrogen-bond acceptors (Lipinski definition) is 5. The van der Waals surface area contributed by atoms with Crippen molar-refractivity contribution in [2.75, 3.05) is 19.0 Å². The fourth-order valence-corrected chi connectivity index (χ4v) is 3.56. The summed E-state index contributed by atoms with van der Waals surface area (Å²) in [4.78, 5) is 25.6. The minimum atomic E-state index is -1.18. The van der Waals surface area contributed by atoms with Crippen LogP contribution in [0.4, 0.5) is 14.9 Å². The van der Waals surface area contributed by atoms with Gasteiger partial charge in [-0.1, -0.05) is 42.5 Å². The number of nitrogens with two attached hydrogens (primary N) is 1. The first kappa shape index (κ1) is 27.2. The number of methoxy groups -OCH3 is 1. The van der Waals surface area contributed by atoms with Gasteiger partial charge in [0.15, 0.2) is 6.10 Å². The zero-order chi connectivity index (χ0) is 26.8. The first-order valence-electron chi connectivity index (χ1n) is 11.6. The van der Waals surface area contributed by atoms with E-state index in [-0.39, 0.29) is 24.6 Å². The van der Waals surface area contributed by atoms with Crippen molar-refractivity contribution in [3.63, 3.8) is 0 Å². The summed E-state index contributed by atoms with van der Waals surface area (Å²) in [7, 11) is 1.42. The monoisotopic (exact) mass is 507 g/mol. The molecule has 3 aromatic rings. The minimum absolute atomic E-state index is 0.00661. The largest absolute Gasteiger partial charge is 0.497 e. The van der Waals surface area contributed by atoms with Crippen LogP contribution in [0.25, 0.3) is 0 Å². The summed E-state index contributed by atoms with van der Waals surface area (Å²) in [5, 5.41) is 16.0. The minimum Gasteiger partial charge on any atom is -0.497 e. The predicted octanol–water partition coefficient (Wildman–Crippen LogP) is 3.83. The molecule has 0 heterocycles. The van der Waals surface area contributed by atoms with Gasteiger partial charge in [0.2, 0.25) is 0 Å². The number of amides is 3. The second kappa shape index (κ2) is 13.0. The van der Waals surface area contributed by atoms with Gasteiger partial charge in [-0.3, -0.25) is 10.2 Å². The summed E-state index contributed by atoms with van der Waals surface area (Å²) in [5.41, 5.74) is 7.94. The predicted molar refractivity (Wildman–Crippen MR) is 139 cm³/mol. The van der Waals surface area contributed by atoms with Gasteiger partial charge >= 0.3 is 6.03 Å². The molecule has 3 rings (SSSR count). The number of carbonyl (C=O) groups is 2. The van der Waals surface area contributed by atoms with Crippen molar-refractivity contribution in [2.24, 2.45) is 5.73 Å². The highest BCUT2D eigenvalue weighted by atomic mass is 19.1. The van der Waals surface area contributed by atoms with Crippen molar-refractivity contribution in [1.82, 2.24) is 10.6 Å². The number of hydrogen-bond donors (Lipinski definition) is 5. The van der Waals surface area contributed by atoms with Crippen LogP contribution in [0.1, 0.15) is 35.3 Å². The number of anilines is 1. The number of nitrogen functional groups attached to an aromatic ring is 1. The van der Waals surface area contributed by atoms with Crippen molar-refractivity contribution in [3.05, 3.63) is 94.8 Å². The van der Waals surface area contributed by atoms with Gasteiger partial charge in [0, 0.05) is 42.6 Å². The molecule has 0 saturated carbocycles. The Morgan fingerprint density at radius 2 is 1.78 bits per heavy atom. The molecule has 3 amide bonds. The fourth-order valence-electron chi connectivity index (χ4n) is 3.56. The Balaban J connectivity index is 1.74. The van der Waals surface area contributed by atoms with E-state index in [9.17, 15) is 14.0 Å². The van der Waals surface area contributed by atoms with E-state index >= 15 is 0 Å². The molecule has 0 aliphatic rings. The molecule has 0 aliphatic carbocycles. The van der Waals surface area contributed by atoms with Gasteiger partial charge in [0.25, 0.3) is 5.91 Å². The van der Waals surface area contributed by atoms with E-state index in [2.05, 4.69) is 16.0 Å². The Kier molecular flexibility index (Phi) is 9.56. The molecular formula is C27H30FN5O4. The Morgan fingerprint density at radius 3 is 2.43 bits per heavy atom. The van der Waals surface area contributed by atoms with Crippen LogP contribution in [0.2, 0.25) is 0 Å². The van der Waals surface area contributed by atoms with Crippen molar-refractivity contribution >= 4 is 23.5 Å². The van der Waals surface area contributed by atoms with Gasteiger partial charge in [-0.15, -0.1) is 0 Å². The lowest BCUT2D eigenvalue weighted by Crippen LogP contribution is -2.32. The Bertz CT molecular complexity index is 1250. The maximum Gasteiger partial charge on any atom is 0.319 e. The summed E-state index contributed by atoms with van der Waals surface area (Å²) in [6.45, 7) is 2.21. The lowest BCUT2D eigenvalue weighted by atomic mass is 10.1. The van der Waals surface area contributed by atoms with E-state index < -0.39 is 23.9 Å². The maximum atomic E-state index is 14.6. The molecule has 1 unspecified atom stereocenters. The van der Waals surface area contributed by atoms with Crippen LogP contribution < -0.4 is 26.4 Å². The molecular weight excluding hydrogens is 477 g/mol. The fraction of sp³-hybridized carbons (Fsp3) is 0.222. The van der Waals surface area contributed by atoms with Gasteiger partial charge in [0.05, 0.1) is 7.11 Å². The average molecular weight is 508 g/mol. The maximum absolute atomic E-state index is 14.6. The first-order valence-corrected chi connectivity index (χ1v) is 11.6. The smallest absolute Gasteiger partial charge is 0.319 e. The van der Waals surface area contributed by atoms with E-state index in [1.54, 1.807) is 31.2 Å². The van der Waals surface area contributed by atoms with Crippen LogP contribution >= 0.6 is 0 Å². The summed E-state index contributed by atoms with van der Waals surface area (Å²) in [6.07, 6.45) is -1.18. The van der Waals surface area contributed by atoms with E-state index in [4.69, 9.17) is 20.6 Å². The number of ether oxygens (including phenoxy) is 2. The van der Waals surface area contributed by atoms with E-state index in [1.807, 2.05) is 30.3 Å². The van der Waals surface area contributed by atoms with Crippen molar-refractivity contribution in [3.8, 4) is 5.75 Å². The van der Waals surface area contributed by atoms with Gasteiger partial charge in [0.1, 0.15) is 17.4 Å². The molecule has 37 heavy (non-hydrogen) atoms. The Labute approximate surface area is 214 Å². The number of rotatable bonds is 11. The van der Waals surface area contributed by atoms with Gasteiger partial charge in [-0.25, -0.2) is 9.18 Å². The van der Waals surface area contributed by atoms with Crippen LogP contribution in [0.3, 0.4) is 0 Å². The molecule has 0 radical (unpaired) electrons. The molecule has 0 aliphatic heterocycles. The topological polar surface area (TPSA) is 139 Å². The number of amidine groups is 1. The molecule has 1 atom stereocenters. The molecule has 194 valence electrons. The van der Waals surface area contributed by atoms with Crippen LogP contribution in [0.15, 0.2) is 66.7 Å². The van der Waals surface area contributed by atoms with Crippen LogP contribution in [-0.4, -0.2) is 31.5 Å². The highest BCUT2D eigenvalue weighted by molar-refractivity contribution is 5.98. The highest BCUT2D eigenvalue weighted by Gasteiger charge is 2.25.